The molecule has 1 aliphatic carbocycles. The van der Waals surface area contributed by atoms with Gasteiger partial charge in [-0.1, -0.05) is 30.3 Å². The number of ether oxygens (including phenoxy) is 1. The van der Waals surface area contributed by atoms with Crippen LogP contribution in [0.25, 0.3) is 0 Å². The van der Waals surface area contributed by atoms with Gasteiger partial charge in [-0.15, -0.1) is 23.1 Å². The van der Waals surface area contributed by atoms with E-state index in [1.54, 1.807) is 42.6 Å². The number of carbonyl (C=O) groups is 2. The lowest BCUT2D eigenvalue weighted by molar-refractivity contribution is -0.139. The highest BCUT2D eigenvalue weighted by molar-refractivity contribution is 8.04. The van der Waals surface area contributed by atoms with Crippen LogP contribution in [0.3, 0.4) is 0 Å². The summed E-state index contributed by atoms with van der Waals surface area (Å²) in [7, 11) is -3.89. The first-order valence-electron chi connectivity index (χ1n) is 7.95. The van der Waals surface area contributed by atoms with E-state index in [1.165, 1.54) is 12.1 Å². The summed E-state index contributed by atoms with van der Waals surface area (Å²) in [5, 5.41) is 1.65. The van der Waals surface area contributed by atoms with Crippen molar-refractivity contribution in [2.45, 2.75) is 11.1 Å². The van der Waals surface area contributed by atoms with Crippen molar-refractivity contribution in [2.75, 3.05) is 12.4 Å². The van der Waals surface area contributed by atoms with Gasteiger partial charge in [-0.2, -0.15) is 12.8 Å². The minimum atomic E-state index is -3.89. The monoisotopic (exact) mass is 421 g/mol. The molecule has 0 fully saturated rings. The van der Waals surface area contributed by atoms with Gasteiger partial charge in [-0.3, -0.25) is 9.59 Å². The van der Waals surface area contributed by atoms with E-state index in [1.807, 2.05) is 0 Å². The second-order valence-electron chi connectivity index (χ2n) is 5.36. The topological polar surface area (TPSA) is 89.9 Å². The van der Waals surface area contributed by atoms with Gasteiger partial charge in [0.25, 0.3) is 10.0 Å². The summed E-state index contributed by atoms with van der Waals surface area (Å²) >= 11 is 2.08. The molecule has 0 atom stereocenters. The summed E-state index contributed by atoms with van der Waals surface area (Å²) in [4.78, 5) is 24.5. The normalized spacial score (nSPS) is 15.4. The minimum Gasteiger partial charge on any atom is -0.465 e. The third-order valence-electron chi connectivity index (χ3n) is 3.56. The molecule has 140 valence electrons. The van der Waals surface area contributed by atoms with Gasteiger partial charge in [0.05, 0.1) is 23.0 Å². The van der Waals surface area contributed by atoms with Gasteiger partial charge < -0.3 is 4.74 Å². The van der Waals surface area contributed by atoms with Gasteiger partial charge in [0.1, 0.15) is 4.21 Å². The lowest BCUT2D eigenvalue weighted by atomic mass is 9.94. The molecular weight excluding hydrogens is 406 g/mol. The number of carbonyl (C=O) groups excluding carboxylic acids is 2. The van der Waals surface area contributed by atoms with Crippen LogP contribution in [0.15, 0.2) is 61.4 Å². The molecule has 6 nitrogen and oxygen atoms in total. The van der Waals surface area contributed by atoms with Crippen LogP contribution in [-0.4, -0.2) is 38.2 Å². The molecule has 0 unspecified atom stereocenters. The van der Waals surface area contributed by atoms with Gasteiger partial charge in [0.15, 0.2) is 5.78 Å². The lowest BCUT2D eigenvalue weighted by Gasteiger charge is -2.16. The maximum atomic E-state index is 12.7. The fourth-order valence-electron chi connectivity index (χ4n) is 2.41. The van der Waals surface area contributed by atoms with Crippen molar-refractivity contribution in [1.29, 1.82) is 0 Å². The van der Waals surface area contributed by atoms with Crippen LogP contribution in [0, 0.1) is 0 Å². The molecule has 1 aromatic carbocycles. The van der Waals surface area contributed by atoms with Crippen LogP contribution in [0.5, 0.6) is 0 Å². The van der Waals surface area contributed by atoms with Crippen LogP contribution in [-0.2, 0) is 19.6 Å². The van der Waals surface area contributed by atoms with Crippen molar-refractivity contribution < 1.29 is 22.7 Å². The summed E-state index contributed by atoms with van der Waals surface area (Å²) in [5.74, 6) is -0.759. The van der Waals surface area contributed by atoms with Gasteiger partial charge in [-0.05, 0) is 24.4 Å². The smallest absolute Gasteiger partial charge is 0.316 e. The lowest BCUT2D eigenvalue weighted by Crippen LogP contribution is -2.18. The van der Waals surface area contributed by atoms with E-state index in [0.717, 1.165) is 23.1 Å². The number of rotatable bonds is 6. The zero-order valence-electron chi connectivity index (χ0n) is 14.2. The average molecular weight is 422 g/mol. The Morgan fingerprint density at radius 3 is 2.59 bits per heavy atom. The van der Waals surface area contributed by atoms with Crippen LogP contribution < -0.4 is 0 Å². The number of hydrogen-bond acceptors (Lipinski definition) is 7. The van der Waals surface area contributed by atoms with Gasteiger partial charge >= 0.3 is 5.97 Å². The minimum absolute atomic E-state index is 0.0431. The number of esters is 1. The Morgan fingerprint density at radius 2 is 1.93 bits per heavy atom. The first-order valence-corrected chi connectivity index (χ1v) is 11.3. The molecule has 1 aromatic heterocycles. The summed E-state index contributed by atoms with van der Waals surface area (Å²) in [6.45, 7) is 1.95. The van der Waals surface area contributed by atoms with Crippen molar-refractivity contribution >= 4 is 50.6 Å². The summed E-state index contributed by atoms with van der Waals surface area (Å²) in [5.41, 5.74) is 0.972. The Labute approximate surface area is 165 Å². The number of thiophene rings is 1. The first kappa shape index (κ1) is 19.5. The molecule has 0 N–H and O–H groups in total. The Hall–Kier alpha value is -2.23. The zero-order valence-corrected chi connectivity index (χ0v) is 16.7. The van der Waals surface area contributed by atoms with Crippen LogP contribution in [0.4, 0.5) is 0 Å². The van der Waals surface area contributed by atoms with Gasteiger partial charge in [0.2, 0.25) is 0 Å². The Morgan fingerprint density at radius 1 is 1.19 bits per heavy atom. The SMILES string of the molecule is CCOC(=O)CSC1=C/C(=N\S(=O)(=O)c2cccs2)c2ccccc2C1=O. The molecule has 0 bridgehead atoms. The van der Waals surface area contributed by atoms with Crippen LogP contribution in [0.2, 0.25) is 0 Å². The van der Waals surface area contributed by atoms with Crippen LogP contribution >= 0.6 is 23.1 Å². The van der Waals surface area contributed by atoms with E-state index in [0.29, 0.717) is 11.1 Å². The van der Waals surface area contributed by atoms with Gasteiger partial charge in [0, 0.05) is 11.1 Å². The molecule has 0 spiro atoms. The molecule has 1 heterocycles. The van der Waals surface area contributed by atoms with E-state index in [4.69, 9.17) is 4.74 Å². The Bertz CT molecular complexity index is 1040. The quantitative estimate of drug-likeness (QED) is 0.665. The molecule has 0 amide bonds. The molecule has 2 aromatic rings. The number of benzene rings is 1. The molecular formula is C18H15NO5S3. The molecule has 3 rings (SSSR count). The number of ketones is 1. The Kier molecular flexibility index (Phi) is 5.93. The molecule has 0 aliphatic heterocycles. The van der Waals surface area contributed by atoms with Crippen molar-refractivity contribution in [1.82, 2.24) is 0 Å². The van der Waals surface area contributed by atoms with Crippen molar-refractivity contribution in [2.24, 2.45) is 4.40 Å². The molecule has 0 saturated heterocycles. The Balaban J connectivity index is 2.01. The maximum absolute atomic E-state index is 12.7. The zero-order chi connectivity index (χ0) is 19.4. The van der Waals surface area contributed by atoms with Crippen molar-refractivity contribution in [3.8, 4) is 0 Å². The average Bonchev–Trinajstić information content (AvgIpc) is 3.19. The predicted molar refractivity (Wildman–Crippen MR) is 106 cm³/mol. The largest absolute Gasteiger partial charge is 0.465 e. The summed E-state index contributed by atoms with van der Waals surface area (Å²) < 4.78 is 34.0. The second kappa shape index (κ2) is 8.20. The number of hydrogen-bond donors (Lipinski definition) is 0. The second-order valence-corrected chi connectivity index (χ2v) is 9.16. The highest BCUT2D eigenvalue weighted by Crippen LogP contribution is 2.30. The van der Waals surface area contributed by atoms with Gasteiger partial charge in [-0.25, -0.2) is 0 Å². The fourth-order valence-corrected chi connectivity index (χ4v) is 5.17. The van der Waals surface area contributed by atoms with E-state index in [9.17, 15) is 18.0 Å². The number of sulfonamides is 1. The van der Waals surface area contributed by atoms with Crippen molar-refractivity contribution in [3.05, 3.63) is 63.9 Å². The summed E-state index contributed by atoms with van der Waals surface area (Å²) in [6.07, 6.45) is 1.42. The van der Waals surface area contributed by atoms with E-state index in [2.05, 4.69) is 4.40 Å². The number of Topliss-reactive ketones (excluding diaryl/α,β-unsaturated/α-hetero) is 1. The predicted octanol–water partition coefficient (Wildman–Crippen LogP) is 3.30. The number of allylic oxidation sites excluding steroid dienone is 2. The van der Waals surface area contributed by atoms with Crippen LogP contribution in [0.1, 0.15) is 22.8 Å². The molecule has 27 heavy (non-hydrogen) atoms. The number of thioether (sulfide) groups is 1. The third-order valence-corrected chi connectivity index (χ3v) is 7.22. The van der Waals surface area contributed by atoms with E-state index < -0.39 is 16.0 Å². The fraction of sp³-hybridized carbons (Fsp3) is 0.167. The standard InChI is InChI=1S/C18H15NO5S3/c1-2-24-16(20)11-26-15-10-14(12-6-3-4-7-13(12)18(15)21)19-27(22,23)17-8-5-9-25-17/h3-10H,2,11H2,1H3/b19-14+. The highest BCUT2D eigenvalue weighted by Gasteiger charge is 2.27. The first-order chi connectivity index (χ1) is 12.9. The highest BCUT2D eigenvalue weighted by atomic mass is 32.2. The molecule has 1 aliphatic rings. The number of fused-ring (bicyclic) bond motifs is 1. The maximum Gasteiger partial charge on any atom is 0.316 e. The van der Waals surface area contributed by atoms with Crippen molar-refractivity contribution in [3.63, 3.8) is 0 Å². The molecule has 0 saturated carbocycles. The van der Waals surface area contributed by atoms with E-state index >= 15 is 0 Å². The van der Waals surface area contributed by atoms with E-state index in [-0.39, 0.29) is 33.0 Å². The number of nitrogens with zero attached hydrogens (tertiary/aromatic N) is 1. The summed E-state index contributed by atoms with van der Waals surface area (Å²) in [6, 6.07) is 9.78. The third kappa shape index (κ3) is 4.37. The molecule has 9 heteroatoms. The molecule has 0 radical (unpaired) electrons.